The van der Waals surface area contributed by atoms with E-state index in [1.54, 1.807) is 0 Å². The van der Waals surface area contributed by atoms with Crippen LogP contribution in [0.3, 0.4) is 0 Å². The van der Waals surface area contributed by atoms with Crippen molar-refractivity contribution in [3.8, 4) is 0 Å². The van der Waals surface area contributed by atoms with Crippen LogP contribution in [0.5, 0.6) is 0 Å². The van der Waals surface area contributed by atoms with Gasteiger partial charge >= 0.3 is 16.4 Å². The Kier molecular flexibility index (Phi) is 3.01. The number of hydrogen-bond donors (Lipinski definition) is 0. The van der Waals surface area contributed by atoms with Crippen LogP contribution in [0.2, 0.25) is 0 Å². The number of hydrogen-bond acceptors (Lipinski definition) is 5. The Bertz CT molecular complexity index is 323. The molecule has 7 heteroatoms. The Balaban J connectivity index is 2.85. The topological polar surface area (TPSA) is 72.9 Å². The van der Waals surface area contributed by atoms with Gasteiger partial charge in [-0.3, -0.25) is 0 Å². The van der Waals surface area contributed by atoms with E-state index in [2.05, 4.69) is 4.74 Å². The first kappa shape index (κ1) is 11.3. The predicted octanol–water partition coefficient (Wildman–Crippen LogP) is 0.354. The van der Waals surface area contributed by atoms with Gasteiger partial charge in [-0.15, -0.1) is 0 Å². The third kappa shape index (κ3) is 1.98. The SMILES string of the molecule is COC(=O)N1C[C@H](C(C)C)OS1(=O)=O. The van der Waals surface area contributed by atoms with E-state index >= 15 is 0 Å². The number of carbonyl (C=O) groups excluding carboxylic acids is 1. The van der Waals surface area contributed by atoms with Crippen molar-refractivity contribution >= 4 is 16.4 Å². The van der Waals surface area contributed by atoms with Crippen LogP contribution < -0.4 is 0 Å². The van der Waals surface area contributed by atoms with Crippen LogP contribution in [0.15, 0.2) is 0 Å². The highest BCUT2D eigenvalue weighted by atomic mass is 32.2. The van der Waals surface area contributed by atoms with Crippen molar-refractivity contribution in [2.24, 2.45) is 5.92 Å². The molecule has 0 spiro atoms. The first-order valence-electron chi connectivity index (χ1n) is 4.17. The zero-order chi connectivity index (χ0) is 10.9. The molecule has 1 rings (SSSR count). The molecule has 82 valence electrons. The molecule has 1 heterocycles. The molecule has 0 saturated carbocycles. The second kappa shape index (κ2) is 3.74. The fraction of sp³-hybridized carbons (Fsp3) is 0.857. The molecule has 1 atom stereocenters. The van der Waals surface area contributed by atoms with E-state index in [0.717, 1.165) is 7.11 Å². The monoisotopic (exact) mass is 223 g/mol. The summed E-state index contributed by atoms with van der Waals surface area (Å²) in [6, 6.07) is 0. The average Bonchev–Trinajstić information content (AvgIpc) is 2.40. The summed E-state index contributed by atoms with van der Waals surface area (Å²) in [5.74, 6) is 0.0273. The summed E-state index contributed by atoms with van der Waals surface area (Å²) >= 11 is 0. The molecule has 0 aromatic carbocycles. The smallest absolute Gasteiger partial charge is 0.425 e. The molecule has 1 saturated heterocycles. The second-order valence-corrected chi connectivity index (χ2v) is 4.83. The van der Waals surface area contributed by atoms with Gasteiger partial charge in [-0.25, -0.2) is 8.98 Å². The van der Waals surface area contributed by atoms with Crippen molar-refractivity contribution in [1.29, 1.82) is 0 Å². The maximum absolute atomic E-state index is 11.3. The number of carbonyl (C=O) groups is 1. The molecule has 0 aromatic rings. The van der Waals surface area contributed by atoms with Crippen molar-refractivity contribution in [2.45, 2.75) is 20.0 Å². The first-order valence-corrected chi connectivity index (χ1v) is 5.54. The minimum Gasteiger partial charge on any atom is -0.452 e. The van der Waals surface area contributed by atoms with Gasteiger partial charge in [-0.05, 0) is 5.92 Å². The second-order valence-electron chi connectivity index (χ2n) is 3.34. The molecule has 14 heavy (non-hydrogen) atoms. The number of methoxy groups -OCH3 is 1. The summed E-state index contributed by atoms with van der Waals surface area (Å²) in [6.07, 6.45) is -1.40. The molecule has 0 aromatic heterocycles. The van der Waals surface area contributed by atoms with Crippen molar-refractivity contribution < 1.29 is 22.1 Å². The summed E-state index contributed by atoms with van der Waals surface area (Å²) in [5.41, 5.74) is 0. The van der Waals surface area contributed by atoms with E-state index in [-0.39, 0.29) is 12.5 Å². The van der Waals surface area contributed by atoms with Crippen LogP contribution in [0.25, 0.3) is 0 Å². The van der Waals surface area contributed by atoms with Gasteiger partial charge in [0.15, 0.2) is 0 Å². The number of nitrogens with zero attached hydrogens (tertiary/aromatic N) is 1. The van der Waals surface area contributed by atoms with Crippen LogP contribution in [0.1, 0.15) is 13.8 Å². The van der Waals surface area contributed by atoms with Gasteiger partial charge in [0.05, 0.1) is 13.7 Å². The maximum Gasteiger partial charge on any atom is 0.425 e. The minimum absolute atomic E-state index is 0.0205. The third-order valence-electron chi connectivity index (χ3n) is 1.98. The molecular formula is C7H13NO5S. The normalized spacial score (nSPS) is 25.4. The van der Waals surface area contributed by atoms with Gasteiger partial charge in [0, 0.05) is 0 Å². The van der Waals surface area contributed by atoms with E-state index in [9.17, 15) is 13.2 Å². The third-order valence-corrected chi connectivity index (χ3v) is 3.31. The van der Waals surface area contributed by atoms with Crippen LogP contribution in [-0.4, -0.2) is 38.6 Å². The lowest BCUT2D eigenvalue weighted by Crippen LogP contribution is -2.33. The number of ether oxygens (including phenoxy) is 1. The highest BCUT2D eigenvalue weighted by molar-refractivity contribution is 7.85. The van der Waals surface area contributed by atoms with E-state index in [1.807, 2.05) is 13.8 Å². The fourth-order valence-corrected chi connectivity index (χ4v) is 2.37. The van der Waals surface area contributed by atoms with Crippen LogP contribution in [0.4, 0.5) is 4.79 Å². The standard InChI is InChI=1S/C7H13NO5S/c1-5(2)6-4-8(7(9)12-3)14(10,11)13-6/h5-6H,4H2,1-3H3/t6-/m1/s1. The van der Waals surface area contributed by atoms with Crippen molar-refractivity contribution in [3.05, 3.63) is 0 Å². The van der Waals surface area contributed by atoms with Gasteiger partial charge in [-0.1, -0.05) is 13.8 Å². The highest BCUT2D eigenvalue weighted by Gasteiger charge is 2.42. The van der Waals surface area contributed by atoms with E-state index in [1.165, 1.54) is 0 Å². The number of amides is 1. The molecule has 6 nitrogen and oxygen atoms in total. The van der Waals surface area contributed by atoms with Crippen LogP contribution in [0, 0.1) is 5.92 Å². The Labute approximate surface area is 83.0 Å². The van der Waals surface area contributed by atoms with Gasteiger partial charge in [-0.2, -0.15) is 12.7 Å². The average molecular weight is 223 g/mol. The molecule has 0 unspecified atom stereocenters. The maximum atomic E-state index is 11.3. The number of rotatable bonds is 1. The lowest BCUT2D eigenvalue weighted by molar-refractivity contribution is 0.145. The molecule has 1 fully saturated rings. The van der Waals surface area contributed by atoms with Crippen molar-refractivity contribution in [2.75, 3.05) is 13.7 Å². The Morgan fingerprint density at radius 1 is 1.57 bits per heavy atom. The van der Waals surface area contributed by atoms with E-state index < -0.39 is 22.5 Å². The first-order chi connectivity index (χ1) is 6.38. The summed E-state index contributed by atoms with van der Waals surface area (Å²) < 4.78 is 32.2. The molecular weight excluding hydrogens is 210 g/mol. The summed E-state index contributed by atoms with van der Waals surface area (Å²) in [4.78, 5) is 11.0. The predicted molar refractivity (Wildman–Crippen MR) is 47.7 cm³/mol. The van der Waals surface area contributed by atoms with Crippen LogP contribution >= 0.6 is 0 Å². The van der Waals surface area contributed by atoms with Gasteiger partial charge in [0.25, 0.3) is 0 Å². The highest BCUT2D eigenvalue weighted by Crippen LogP contribution is 2.23. The summed E-state index contributed by atoms with van der Waals surface area (Å²) in [5, 5.41) is 0. The fourth-order valence-electron chi connectivity index (χ4n) is 1.08. The largest absolute Gasteiger partial charge is 0.452 e. The minimum atomic E-state index is -3.93. The van der Waals surface area contributed by atoms with Crippen LogP contribution in [-0.2, 0) is 19.2 Å². The quantitative estimate of drug-likeness (QED) is 0.641. The molecule has 0 N–H and O–H groups in total. The Morgan fingerprint density at radius 2 is 2.14 bits per heavy atom. The molecule has 0 aliphatic carbocycles. The lowest BCUT2D eigenvalue weighted by atomic mass is 10.1. The zero-order valence-corrected chi connectivity index (χ0v) is 9.08. The summed E-state index contributed by atoms with van der Waals surface area (Å²) in [6.45, 7) is 3.66. The van der Waals surface area contributed by atoms with Gasteiger partial charge in [0.2, 0.25) is 0 Å². The van der Waals surface area contributed by atoms with E-state index in [0.29, 0.717) is 4.31 Å². The molecule has 1 aliphatic rings. The van der Waals surface area contributed by atoms with Crippen molar-refractivity contribution in [1.82, 2.24) is 4.31 Å². The van der Waals surface area contributed by atoms with Gasteiger partial charge < -0.3 is 4.74 Å². The van der Waals surface area contributed by atoms with Crippen molar-refractivity contribution in [3.63, 3.8) is 0 Å². The summed E-state index contributed by atoms with van der Waals surface area (Å²) in [7, 11) is -2.81. The Morgan fingerprint density at radius 3 is 2.50 bits per heavy atom. The molecule has 0 bridgehead atoms. The molecule has 0 radical (unpaired) electrons. The zero-order valence-electron chi connectivity index (χ0n) is 8.26. The van der Waals surface area contributed by atoms with E-state index in [4.69, 9.17) is 4.18 Å². The lowest BCUT2D eigenvalue weighted by Gasteiger charge is -2.10. The molecule has 1 amide bonds. The molecule has 1 aliphatic heterocycles. The Hall–Kier alpha value is -0.820. The van der Waals surface area contributed by atoms with Gasteiger partial charge in [0.1, 0.15) is 6.10 Å².